The van der Waals surface area contributed by atoms with Crippen LogP contribution in [0.1, 0.15) is 57.6 Å². The van der Waals surface area contributed by atoms with Gasteiger partial charge < -0.3 is 10.1 Å². The number of ether oxygens (including phenoxy) is 1. The highest BCUT2D eigenvalue weighted by Crippen LogP contribution is 2.24. The molecule has 0 aromatic heterocycles. The molecular formula is C19H31NO. The fraction of sp³-hybridized carbons (Fsp3) is 0.579. The summed E-state index contributed by atoms with van der Waals surface area (Å²) in [6.07, 6.45) is 6.60. The van der Waals surface area contributed by atoms with Crippen LogP contribution in [0, 0.1) is 6.92 Å². The van der Waals surface area contributed by atoms with Crippen LogP contribution in [0.3, 0.4) is 0 Å². The maximum atomic E-state index is 6.05. The second kappa shape index (κ2) is 8.89. The monoisotopic (exact) mass is 289 g/mol. The Morgan fingerprint density at radius 2 is 1.95 bits per heavy atom. The summed E-state index contributed by atoms with van der Waals surface area (Å²) in [4.78, 5) is 0. The zero-order valence-corrected chi connectivity index (χ0v) is 14.2. The Hall–Kier alpha value is -1.28. The Morgan fingerprint density at radius 1 is 1.19 bits per heavy atom. The van der Waals surface area contributed by atoms with E-state index in [4.69, 9.17) is 4.74 Å². The number of para-hydroxylation sites is 1. The van der Waals surface area contributed by atoms with Crippen LogP contribution in [0.5, 0.6) is 5.75 Å². The lowest BCUT2D eigenvalue weighted by molar-refractivity contribution is 0.298. The number of allylic oxidation sites excluding steroid dienone is 1. The first-order chi connectivity index (χ1) is 9.94. The van der Waals surface area contributed by atoms with Crippen LogP contribution in [0.25, 0.3) is 0 Å². The summed E-state index contributed by atoms with van der Waals surface area (Å²) in [5, 5.41) is 3.53. The average molecular weight is 289 g/mol. The molecule has 0 aliphatic rings. The molecule has 0 aliphatic carbocycles. The third-order valence-electron chi connectivity index (χ3n) is 3.40. The first-order valence-electron chi connectivity index (χ1n) is 8.01. The van der Waals surface area contributed by atoms with Crippen molar-refractivity contribution in [3.8, 4) is 5.75 Å². The summed E-state index contributed by atoms with van der Waals surface area (Å²) in [5.41, 5.74) is 2.58. The first kappa shape index (κ1) is 17.8. The van der Waals surface area contributed by atoms with Crippen molar-refractivity contribution in [2.75, 3.05) is 6.61 Å². The van der Waals surface area contributed by atoms with Crippen molar-refractivity contribution in [2.24, 2.45) is 0 Å². The molecular weight excluding hydrogens is 258 g/mol. The summed E-state index contributed by atoms with van der Waals surface area (Å²) in [7, 11) is 0. The summed E-state index contributed by atoms with van der Waals surface area (Å²) in [6.45, 7) is 14.1. The first-order valence-corrected chi connectivity index (χ1v) is 8.01. The Bertz CT molecular complexity index is 432. The van der Waals surface area contributed by atoms with Crippen molar-refractivity contribution in [3.63, 3.8) is 0 Å². The molecule has 1 aromatic carbocycles. The Kier molecular flexibility index (Phi) is 7.52. The maximum Gasteiger partial charge on any atom is 0.126 e. The number of rotatable bonds is 9. The molecule has 0 heterocycles. The molecule has 0 radical (unpaired) electrons. The van der Waals surface area contributed by atoms with Crippen molar-refractivity contribution >= 4 is 0 Å². The lowest BCUT2D eigenvalue weighted by Gasteiger charge is -2.22. The van der Waals surface area contributed by atoms with Crippen LogP contribution < -0.4 is 10.1 Å². The average Bonchev–Trinajstić information content (AvgIpc) is 2.41. The quantitative estimate of drug-likeness (QED) is 0.510. The largest absolute Gasteiger partial charge is 0.493 e. The van der Waals surface area contributed by atoms with Gasteiger partial charge in [-0.2, -0.15) is 0 Å². The second-order valence-electron chi connectivity index (χ2n) is 6.65. The van der Waals surface area contributed by atoms with Gasteiger partial charge in [-0.05, 0) is 58.9 Å². The zero-order chi connectivity index (χ0) is 15.7. The molecule has 1 aromatic rings. The van der Waals surface area contributed by atoms with Crippen LogP contribution in [-0.4, -0.2) is 12.1 Å². The molecule has 1 rings (SSSR count). The fourth-order valence-corrected chi connectivity index (χ4v) is 2.16. The van der Waals surface area contributed by atoms with E-state index in [1.54, 1.807) is 0 Å². The standard InChI is InChI=1S/C19H31NO/c1-6-7-8-9-10-14-21-18-16(2)12-11-13-17(18)15-20-19(3,4)5/h6,11-13,20H,1,7-10,14-15H2,2-5H3. The van der Waals surface area contributed by atoms with E-state index in [1.807, 2.05) is 6.08 Å². The minimum absolute atomic E-state index is 0.117. The maximum absolute atomic E-state index is 6.05. The van der Waals surface area contributed by atoms with E-state index in [0.717, 1.165) is 31.7 Å². The molecule has 0 saturated heterocycles. The van der Waals surface area contributed by atoms with Gasteiger partial charge in [-0.15, -0.1) is 6.58 Å². The Morgan fingerprint density at radius 3 is 2.62 bits per heavy atom. The number of benzene rings is 1. The lowest BCUT2D eigenvalue weighted by atomic mass is 10.1. The number of aryl methyl sites for hydroxylation is 1. The number of unbranched alkanes of at least 4 members (excludes halogenated alkanes) is 3. The van der Waals surface area contributed by atoms with Gasteiger partial charge in [-0.3, -0.25) is 0 Å². The molecule has 0 amide bonds. The van der Waals surface area contributed by atoms with Gasteiger partial charge in [0.15, 0.2) is 0 Å². The molecule has 2 heteroatoms. The molecule has 21 heavy (non-hydrogen) atoms. The normalized spacial score (nSPS) is 11.4. The highest BCUT2D eigenvalue weighted by atomic mass is 16.5. The SMILES string of the molecule is C=CCCCCCOc1c(C)cccc1CNC(C)(C)C. The predicted octanol–water partition coefficient (Wildman–Crippen LogP) is 5.01. The highest BCUT2D eigenvalue weighted by molar-refractivity contribution is 5.40. The van der Waals surface area contributed by atoms with Crippen LogP contribution in [0.2, 0.25) is 0 Å². The van der Waals surface area contributed by atoms with E-state index < -0.39 is 0 Å². The fourth-order valence-electron chi connectivity index (χ4n) is 2.16. The molecule has 0 bridgehead atoms. The molecule has 0 atom stereocenters. The van der Waals surface area contributed by atoms with E-state index in [1.165, 1.54) is 24.0 Å². The van der Waals surface area contributed by atoms with E-state index in [0.29, 0.717) is 0 Å². The van der Waals surface area contributed by atoms with Crippen LogP contribution in [-0.2, 0) is 6.54 Å². The molecule has 0 aliphatic heterocycles. The van der Waals surface area contributed by atoms with Gasteiger partial charge in [0, 0.05) is 17.6 Å². The smallest absolute Gasteiger partial charge is 0.126 e. The van der Waals surface area contributed by atoms with E-state index in [2.05, 4.69) is 57.8 Å². The summed E-state index contributed by atoms with van der Waals surface area (Å²) >= 11 is 0. The lowest BCUT2D eigenvalue weighted by Crippen LogP contribution is -2.35. The van der Waals surface area contributed by atoms with E-state index in [-0.39, 0.29) is 5.54 Å². The summed E-state index contributed by atoms with van der Waals surface area (Å²) in [5.74, 6) is 1.05. The summed E-state index contributed by atoms with van der Waals surface area (Å²) < 4.78 is 6.05. The van der Waals surface area contributed by atoms with Gasteiger partial charge in [-0.25, -0.2) is 0 Å². The van der Waals surface area contributed by atoms with E-state index in [9.17, 15) is 0 Å². The second-order valence-corrected chi connectivity index (χ2v) is 6.65. The molecule has 0 fully saturated rings. The van der Waals surface area contributed by atoms with Crippen molar-refractivity contribution in [1.82, 2.24) is 5.32 Å². The van der Waals surface area contributed by atoms with E-state index >= 15 is 0 Å². The predicted molar refractivity (Wildman–Crippen MR) is 91.9 cm³/mol. The molecule has 118 valence electrons. The van der Waals surface area contributed by atoms with Crippen molar-refractivity contribution < 1.29 is 4.74 Å². The van der Waals surface area contributed by atoms with Crippen molar-refractivity contribution in [3.05, 3.63) is 42.0 Å². The van der Waals surface area contributed by atoms with Gasteiger partial charge in [0.05, 0.1) is 6.61 Å². The third kappa shape index (κ3) is 7.33. The van der Waals surface area contributed by atoms with Gasteiger partial charge in [-0.1, -0.05) is 24.3 Å². The molecule has 2 nitrogen and oxygen atoms in total. The minimum atomic E-state index is 0.117. The van der Waals surface area contributed by atoms with Gasteiger partial charge in [0.1, 0.15) is 5.75 Å². The zero-order valence-electron chi connectivity index (χ0n) is 14.2. The molecule has 1 N–H and O–H groups in total. The van der Waals surface area contributed by atoms with Crippen LogP contribution in [0.15, 0.2) is 30.9 Å². The van der Waals surface area contributed by atoms with Crippen LogP contribution >= 0.6 is 0 Å². The Balaban J connectivity index is 2.53. The van der Waals surface area contributed by atoms with Gasteiger partial charge in [0.25, 0.3) is 0 Å². The molecule has 0 spiro atoms. The number of nitrogens with one attached hydrogen (secondary N) is 1. The number of hydrogen-bond donors (Lipinski definition) is 1. The van der Waals surface area contributed by atoms with Crippen molar-refractivity contribution in [1.29, 1.82) is 0 Å². The Labute approximate surface area is 130 Å². The van der Waals surface area contributed by atoms with Gasteiger partial charge >= 0.3 is 0 Å². The topological polar surface area (TPSA) is 21.3 Å². The molecule has 0 unspecified atom stereocenters. The minimum Gasteiger partial charge on any atom is -0.493 e. The third-order valence-corrected chi connectivity index (χ3v) is 3.40. The van der Waals surface area contributed by atoms with Gasteiger partial charge in [0.2, 0.25) is 0 Å². The number of hydrogen-bond acceptors (Lipinski definition) is 2. The van der Waals surface area contributed by atoms with Crippen molar-refractivity contribution in [2.45, 2.75) is 65.5 Å². The summed E-state index contributed by atoms with van der Waals surface area (Å²) in [6, 6.07) is 6.37. The van der Waals surface area contributed by atoms with Crippen LogP contribution in [0.4, 0.5) is 0 Å². The molecule has 0 saturated carbocycles. The highest BCUT2D eigenvalue weighted by Gasteiger charge is 2.12.